The van der Waals surface area contributed by atoms with Crippen LogP contribution < -0.4 is 5.14 Å². The summed E-state index contributed by atoms with van der Waals surface area (Å²) < 4.78 is 23.7. The van der Waals surface area contributed by atoms with Crippen LogP contribution in [0.1, 0.15) is 36.7 Å². The molecule has 0 radical (unpaired) electrons. The summed E-state index contributed by atoms with van der Waals surface area (Å²) >= 11 is 3.23. The maximum atomic E-state index is 12.5. The molecule has 0 saturated heterocycles. The van der Waals surface area contributed by atoms with Gasteiger partial charge < -0.3 is 4.90 Å². The molecule has 2 N–H and O–H groups in total. The van der Waals surface area contributed by atoms with E-state index < -0.39 is 10.0 Å². The molecule has 112 valence electrons. The van der Waals surface area contributed by atoms with Crippen molar-refractivity contribution in [1.29, 1.82) is 0 Å². The SMILES string of the molecule is CCN(C(=O)c1cc(Br)cc(S(N)(=O)=O)c1C)C(C)C. The molecule has 0 heterocycles. The van der Waals surface area contributed by atoms with Crippen molar-refractivity contribution in [2.75, 3.05) is 6.54 Å². The number of rotatable bonds is 4. The van der Waals surface area contributed by atoms with Crippen LogP contribution in [0.15, 0.2) is 21.5 Å². The Hall–Kier alpha value is -0.920. The number of primary sulfonamides is 1. The number of amides is 1. The molecule has 20 heavy (non-hydrogen) atoms. The summed E-state index contributed by atoms with van der Waals surface area (Å²) in [6.45, 7) is 7.84. The normalized spacial score (nSPS) is 11.8. The van der Waals surface area contributed by atoms with Crippen LogP contribution in [0, 0.1) is 6.92 Å². The number of hydrogen-bond donors (Lipinski definition) is 1. The molecule has 0 aliphatic heterocycles. The summed E-state index contributed by atoms with van der Waals surface area (Å²) in [5.74, 6) is -0.203. The topological polar surface area (TPSA) is 80.5 Å². The van der Waals surface area contributed by atoms with Crippen LogP contribution in [0.4, 0.5) is 0 Å². The van der Waals surface area contributed by atoms with Gasteiger partial charge in [0.2, 0.25) is 10.0 Å². The highest BCUT2D eigenvalue weighted by Gasteiger charge is 2.23. The molecular weight excluding hydrogens is 344 g/mol. The molecule has 1 rings (SSSR count). The first kappa shape index (κ1) is 17.1. The van der Waals surface area contributed by atoms with Crippen LogP contribution in [-0.2, 0) is 10.0 Å². The molecule has 1 aromatic rings. The summed E-state index contributed by atoms with van der Waals surface area (Å²) in [4.78, 5) is 14.2. The van der Waals surface area contributed by atoms with Gasteiger partial charge in [-0.15, -0.1) is 0 Å². The maximum Gasteiger partial charge on any atom is 0.254 e. The molecule has 0 atom stereocenters. The Kier molecular flexibility index (Phi) is 5.34. The fraction of sp³-hybridized carbons (Fsp3) is 0.462. The van der Waals surface area contributed by atoms with Crippen LogP contribution in [0.2, 0.25) is 0 Å². The second kappa shape index (κ2) is 6.24. The molecule has 5 nitrogen and oxygen atoms in total. The monoisotopic (exact) mass is 362 g/mol. The number of hydrogen-bond acceptors (Lipinski definition) is 3. The lowest BCUT2D eigenvalue weighted by Crippen LogP contribution is -2.37. The third-order valence-electron chi connectivity index (χ3n) is 3.09. The zero-order chi connectivity index (χ0) is 15.7. The van der Waals surface area contributed by atoms with E-state index in [0.29, 0.717) is 22.1 Å². The van der Waals surface area contributed by atoms with Crippen LogP contribution in [0.5, 0.6) is 0 Å². The van der Waals surface area contributed by atoms with Crippen molar-refractivity contribution in [1.82, 2.24) is 4.90 Å². The average Bonchev–Trinajstić information content (AvgIpc) is 2.30. The number of nitrogens with two attached hydrogens (primary N) is 1. The smallest absolute Gasteiger partial charge is 0.254 e. The molecule has 0 saturated carbocycles. The molecule has 1 aromatic carbocycles. The van der Waals surface area contributed by atoms with Crippen molar-refractivity contribution >= 4 is 31.9 Å². The van der Waals surface area contributed by atoms with Gasteiger partial charge in [0.05, 0.1) is 4.90 Å². The van der Waals surface area contributed by atoms with Gasteiger partial charge in [-0.3, -0.25) is 4.79 Å². The summed E-state index contributed by atoms with van der Waals surface area (Å²) in [5.41, 5.74) is 0.721. The molecule has 0 spiro atoms. The lowest BCUT2D eigenvalue weighted by atomic mass is 10.1. The van der Waals surface area contributed by atoms with E-state index in [2.05, 4.69) is 15.9 Å². The zero-order valence-corrected chi connectivity index (χ0v) is 14.4. The summed E-state index contributed by atoms with van der Waals surface area (Å²) in [6, 6.07) is 3.06. The number of benzene rings is 1. The molecule has 0 unspecified atom stereocenters. The van der Waals surface area contributed by atoms with E-state index in [1.54, 1.807) is 17.9 Å². The Morgan fingerprint density at radius 1 is 1.40 bits per heavy atom. The second-order valence-corrected chi connectivity index (χ2v) is 7.25. The molecule has 7 heteroatoms. The number of carbonyl (C=O) groups is 1. The fourth-order valence-electron chi connectivity index (χ4n) is 2.07. The van der Waals surface area contributed by atoms with Crippen LogP contribution in [0.25, 0.3) is 0 Å². The Morgan fingerprint density at radius 2 is 1.95 bits per heavy atom. The Morgan fingerprint density at radius 3 is 2.35 bits per heavy atom. The molecule has 1 amide bonds. The first-order valence-electron chi connectivity index (χ1n) is 6.23. The lowest BCUT2D eigenvalue weighted by Gasteiger charge is -2.26. The van der Waals surface area contributed by atoms with Gasteiger partial charge >= 0.3 is 0 Å². The van der Waals surface area contributed by atoms with Gasteiger partial charge in [-0.1, -0.05) is 15.9 Å². The predicted octanol–water partition coefficient (Wildman–Crippen LogP) is 2.28. The summed E-state index contributed by atoms with van der Waals surface area (Å²) in [7, 11) is -3.87. The minimum atomic E-state index is -3.87. The van der Waals surface area contributed by atoms with Gasteiger partial charge in [-0.2, -0.15) is 0 Å². The first-order valence-corrected chi connectivity index (χ1v) is 8.57. The molecular formula is C13H19BrN2O3S. The standard InChI is InChI=1S/C13H19BrN2O3S/c1-5-16(8(2)3)13(17)11-6-10(14)7-12(9(11)4)20(15,18)19/h6-8H,5H2,1-4H3,(H2,15,18,19). The van der Waals surface area contributed by atoms with Crippen LogP contribution in [0.3, 0.4) is 0 Å². The van der Waals surface area contributed by atoms with Gasteiger partial charge in [0.25, 0.3) is 5.91 Å². The van der Waals surface area contributed by atoms with Crippen molar-refractivity contribution < 1.29 is 13.2 Å². The Bertz CT molecular complexity index is 627. The third kappa shape index (κ3) is 3.59. The first-order chi connectivity index (χ1) is 9.09. The zero-order valence-electron chi connectivity index (χ0n) is 12.0. The highest BCUT2D eigenvalue weighted by Crippen LogP contribution is 2.25. The van der Waals surface area contributed by atoms with Crippen molar-refractivity contribution in [3.8, 4) is 0 Å². The third-order valence-corrected chi connectivity index (χ3v) is 4.58. The van der Waals surface area contributed by atoms with E-state index in [9.17, 15) is 13.2 Å². The van der Waals surface area contributed by atoms with Crippen molar-refractivity contribution in [2.24, 2.45) is 5.14 Å². The number of halogens is 1. The molecule has 0 aromatic heterocycles. The molecule has 0 bridgehead atoms. The van der Waals surface area contributed by atoms with Gasteiger partial charge in [-0.05, 0) is 45.4 Å². The van der Waals surface area contributed by atoms with E-state index in [0.717, 1.165) is 0 Å². The highest BCUT2D eigenvalue weighted by molar-refractivity contribution is 9.10. The number of carbonyl (C=O) groups excluding carboxylic acids is 1. The van der Waals surface area contributed by atoms with Crippen LogP contribution in [-0.4, -0.2) is 31.8 Å². The summed E-state index contributed by atoms with van der Waals surface area (Å²) in [6.07, 6.45) is 0. The number of nitrogens with zero attached hydrogens (tertiary/aromatic N) is 1. The van der Waals surface area contributed by atoms with Gasteiger partial charge in [0.15, 0.2) is 0 Å². The second-order valence-electron chi connectivity index (χ2n) is 4.81. The van der Waals surface area contributed by atoms with E-state index >= 15 is 0 Å². The highest BCUT2D eigenvalue weighted by atomic mass is 79.9. The summed E-state index contributed by atoms with van der Waals surface area (Å²) in [5, 5.41) is 5.19. The minimum Gasteiger partial charge on any atom is -0.336 e. The van der Waals surface area contributed by atoms with E-state index in [1.807, 2.05) is 20.8 Å². The van der Waals surface area contributed by atoms with Gasteiger partial charge in [-0.25, -0.2) is 13.6 Å². The maximum absolute atomic E-state index is 12.5. The van der Waals surface area contributed by atoms with E-state index in [-0.39, 0.29) is 16.8 Å². The van der Waals surface area contributed by atoms with Crippen LogP contribution >= 0.6 is 15.9 Å². The van der Waals surface area contributed by atoms with E-state index in [4.69, 9.17) is 5.14 Å². The van der Waals surface area contributed by atoms with Crippen molar-refractivity contribution in [3.63, 3.8) is 0 Å². The molecule has 0 fully saturated rings. The van der Waals surface area contributed by atoms with Crippen molar-refractivity contribution in [2.45, 2.75) is 38.6 Å². The van der Waals surface area contributed by atoms with E-state index in [1.165, 1.54) is 6.07 Å². The predicted molar refractivity (Wildman–Crippen MR) is 82.1 cm³/mol. The lowest BCUT2D eigenvalue weighted by molar-refractivity contribution is 0.0716. The Labute approximate surface area is 128 Å². The van der Waals surface area contributed by atoms with Crippen molar-refractivity contribution in [3.05, 3.63) is 27.7 Å². The van der Waals surface area contributed by atoms with Gasteiger partial charge in [0.1, 0.15) is 0 Å². The average molecular weight is 363 g/mol. The quantitative estimate of drug-likeness (QED) is 0.891. The Balaban J connectivity index is 3.47. The fourth-order valence-corrected chi connectivity index (χ4v) is 3.51. The number of sulfonamides is 1. The molecule has 0 aliphatic carbocycles. The largest absolute Gasteiger partial charge is 0.336 e. The minimum absolute atomic E-state index is 0.0313. The molecule has 0 aliphatic rings. The van der Waals surface area contributed by atoms with Gasteiger partial charge in [0, 0.05) is 22.6 Å².